The first-order chi connectivity index (χ1) is 6.94. The van der Waals surface area contributed by atoms with Crippen molar-refractivity contribution in [1.82, 2.24) is 5.32 Å². The maximum atomic E-state index is 11.8. The van der Waals surface area contributed by atoms with Gasteiger partial charge in [-0.3, -0.25) is 4.79 Å². The zero-order valence-corrected chi connectivity index (χ0v) is 9.50. The smallest absolute Gasteiger partial charge is 0.251 e. The van der Waals surface area contributed by atoms with Crippen molar-refractivity contribution >= 4 is 5.91 Å². The molecule has 0 spiro atoms. The predicted molar refractivity (Wildman–Crippen MR) is 61.8 cm³/mol. The summed E-state index contributed by atoms with van der Waals surface area (Å²) in [7, 11) is 0. The Bertz CT molecular complexity index is 358. The summed E-state index contributed by atoms with van der Waals surface area (Å²) in [6.45, 7) is 6.19. The van der Waals surface area contributed by atoms with Gasteiger partial charge in [-0.25, -0.2) is 0 Å². The molecule has 1 aromatic rings. The lowest BCUT2D eigenvalue weighted by Gasteiger charge is -2.24. The fourth-order valence-electron chi connectivity index (χ4n) is 1.22. The summed E-state index contributed by atoms with van der Waals surface area (Å²) >= 11 is 0. The number of carbonyl (C=O) groups excluding carboxylic acids is 1. The Kier molecular flexibility index (Phi) is 3.48. The van der Waals surface area contributed by atoms with Crippen LogP contribution in [0.1, 0.15) is 29.8 Å². The first kappa shape index (κ1) is 11.7. The molecule has 0 saturated heterocycles. The largest absolute Gasteiger partial charge is 0.346 e. The molecular weight excluding hydrogens is 188 g/mol. The number of carbonyl (C=O) groups is 1. The molecule has 15 heavy (non-hydrogen) atoms. The molecule has 0 aromatic heterocycles. The molecule has 1 aromatic carbocycles. The first-order valence-electron chi connectivity index (χ1n) is 5.04. The van der Waals surface area contributed by atoms with Crippen LogP contribution < -0.4 is 11.1 Å². The van der Waals surface area contributed by atoms with Gasteiger partial charge in [-0.2, -0.15) is 0 Å². The molecule has 3 nitrogen and oxygen atoms in total. The molecule has 0 fully saturated rings. The van der Waals surface area contributed by atoms with Gasteiger partial charge in [-0.1, -0.05) is 17.7 Å². The Morgan fingerprint density at radius 2 is 2.13 bits per heavy atom. The highest BCUT2D eigenvalue weighted by Crippen LogP contribution is 2.06. The van der Waals surface area contributed by atoms with Crippen LogP contribution in [0.3, 0.4) is 0 Å². The third-order valence-electron chi connectivity index (χ3n) is 2.24. The van der Waals surface area contributed by atoms with Gasteiger partial charge in [-0.05, 0) is 32.9 Å². The topological polar surface area (TPSA) is 55.1 Å². The van der Waals surface area contributed by atoms with Gasteiger partial charge in [-0.15, -0.1) is 0 Å². The summed E-state index contributed by atoms with van der Waals surface area (Å²) in [4.78, 5) is 11.8. The van der Waals surface area contributed by atoms with Gasteiger partial charge in [0.1, 0.15) is 0 Å². The van der Waals surface area contributed by atoms with E-state index in [1.165, 1.54) is 0 Å². The molecule has 0 atom stereocenters. The summed E-state index contributed by atoms with van der Waals surface area (Å²) in [6.07, 6.45) is 0. The van der Waals surface area contributed by atoms with Crippen molar-refractivity contribution in [2.24, 2.45) is 5.73 Å². The molecule has 82 valence electrons. The average molecular weight is 206 g/mol. The van der Waals surface area contributed by atoms with Crippen LogP contribution in [0.4, 0.5) is 0 Å². The molecule has 0 aliphatic rings. The fraction of sp³-hybridized carbons (Fsp3) is 0.417. The summed E-state index contributed by atoms with van der Waals surface area (Å²) in [6, 6.07) is 7.50. The Hall–Kier alpha value is -1.35. The van der Waals surface area contributed by atoms with Crippen LogP contribution in [0.15, 0.2) is 24.3 Å². The highest BCUT2D eigenvalue weighted by atomic mass is 16.1. The van der Waals surface area contributed by atoms with Crippen molar-refractivity contribution in [2.75, 3.05) is 6.54 Å². The molecule has 0 aliphatic heterocycles. The van der Waals surface area contributed by atoms with E-state index in [1.54, 1.807) is 6.07 Å². The second-order valence-corrected chi connectivity index (χ2v) is 4.41. The van der Waals surface area contributed by atoms with Crippen LogP contribution in [-0.4, -0.2) is 18.0 Å². The van der Waals surface area contributed by atoms with Crippen LogP contribution in [-0.2, 0) is 0 Å². The zero-order chi connectivity index (χ0) is 11.5. The van der Waals surface area contributed by atoms with E-state index in [1.807, 2.05) is 39.0 Å². The van der Waals surface area contributed by atoms with Crippen molar-refractivity contribution in [1.29, 1.82) is 0 Å². The number of hydrogen-bond donors (Lipinski definition) is 2. The van der Waals surface area contributed by atoms with Gasteiger partial charge in [0.15, 0.2) is 0 Å². The molecule has 0 radical (unpaired) electrons. The van der Waals surface area contributed by atoms with Crippen LogP contribution in [0.2, 0.25) is 0 Å². The van der Waals surface area contributed by atoms with Gasteiger partial charge in [0.05, 0.1) is 0 Å². The number of nitrogens with one attached hydrogen (secondary N) is 1. The standard InChI is InChI=1S/C12H18N2O/c1-9-5-4-6-10(7-9)11(15)14-12(2,3)8-13/h4-7H,8,13H2,1-3H3,(H,14,15). The van der Waals surface area contributed by atoms with E-state index >= 15 is 0 Å². The summed E-state index contributed by atoms with van der Waals surface area (Å²) < 4.78 is 0. The summed E-state index contributed by atoms with van der Waals surface area (Å²) in [5, 5.41) is 2.89. The molecule has 1 amide bonds. The average Bonchev–Trinajstić information content (AvgIpc) is 2.17. The summed E-state index contributed by atoms with van der Waals surface area (Å²) in [5.41, 5.74) is 6.94. The van der Waals surface area contributed by atoms with Gasteiger partial charge in [0.2, 0.25) is 0 Å². The van der Waals surface area contributed by atoms with Gasteiger partial charge < -0.3 is 11.1 Å². The lowest BCUT2D eigenvalue weighted by molar-refractivity contribution is 0.0915. The minimum atomic E-state index is -0.360. The van der Waals surface area contributed by atoms with Crippen LogP contribution >= 0.6 is 0 Å². The van der Waals surface area contributed by atoms with Gasteiger partial charge in [0, 0.05) is 17.6 Å². The van der Waals surface area contributed by atoms with Crippen molar-refractivity contribution in [3.63, 3.8) is 0 Å². The highest BCUT2D eigenvalue weighted by Gasteiger charge is 2.18. The number of nitrogens with two attached hydrogens (primary N) is 1. The third kappa shape index (κ3) is 3.36. The van der Waals surface area contributed by atoms with Crippen LogP contribution in [0, 0.1) is 6.92 Å². The summed E-state index contributed by atoms with van der Waals surface area (Å²) in [5.74, 6) is -0.0749. The first-order valence-corrected chi connectivity index (χ1v) is 5.04. The molecule has 0 aliphatic carbocycles. The van der Waals surface area contributed by atoms with Gasteiger partial charge in [0.25, 0.3) is 5.91 Å². The number of benzene rings is 1. The fourth-order valence-corrected chi connectivity index (χ4v) is 1.22. The predicted octanol–water partition coefficient (Wildman–Crippen LogP) is 1.46. The molecule has 0 bridgehead atoms. The third-order valence-corrected chi connectivity index (χ3v) is 2.24. The molecule has 0 saturated carbocycles. The minimum absolute atomic E-state index is 0.0749. The molecule has 1 rings (SSSR count). The van der Waals surface area contributed by atoms with Crippen molar-refractivity contribution in [2.45, 2.75) is 26.3 Å². The molecule has 0 heterocycles. The Labute approximate surface area is 90.7 Å². The molecular formula is C12H18N2O. The van der Waals surface area contributed by atoms with Crippen LogP contribution in [0.5, 0.6) is 0 Å². The van der Waals surface area contributed by atoms with E-state index in [9.17, 15) is 4.79 Å². The van der Waals surface area contributed by atoms with Crippen molar-refractivity contribution in [3.8, 4) is 0 Å². The van der Waals surface area contributed by atoms with E-state index in [0.717, 1.165) is 5.56 Å². The number of rotatable bonds is 3. The van der Waals surface area contributed by atoms with Crippen LogP contribution in [0.25, 0.3) is 0 Å². The van der Waals surface area contributed by atoms with E-state index < -0.39 is 0 Å². The van der Waals surface area contributed by atoms with E-state index in [2.05, 4.69) is 5.32 Å². The van der Waals surface area contributed by atoms with E-state index in [0.29, 0.717) is 12.1 Å². The maximum Gasteiger partial charge on any atom is 0.251 e. The SMILES string of the molecule is Cc1cccc(C(=O)NC(C)(C)CN)c1. The number of amides is 1. The minimum Gasteiger partial charge on any atom is -0.346 e. The Morgan fingerprint density at radius 1 is 1.47 bits per heavy atom. The molecule has 3 N–H and O–H groups in total. The van der Waals surface area contributed by atoms with E-state index in [-0.39, 0.29) is 11.4 Å². The second-order valence-electron chi connectivity index (χ2n) is 4.41. The number of aryl methyl sites for hydroxylation is 1. The quantitative estimate of drug-likeness (QED) is 0.786. The molecule has 3 heteroatoms. The maximum absolute atomic E-state index is 11.8. The van der Waals surface area contributed by atoms with E-state index in [4.69, 9.17) is 5.73 Å². The Morgan fingerprint density at radius 3 is 2.67 bits per heavy atom. The normalized spacial score (nSPS) is 11.2. The monoisotopic (exact) mass is 206 g/mol. The van der Waals surface area contributed by atoms with Crippen molar-refractivity contribution < 1.29 is 4.79 Å². The Balaban J connectivity index is 2.78. The lowest BCUT2D eigenvalue weighted by Crippen LogP contribution is -2.48. The van der Waals surface area contributed by atoms with Gasteiger partial charge >= 0.3 is 0 Å². The number of hydrogen-bond acceptors (Lipinski definition) is 2. The zero-order valence-electron chi connectivity index (χ0n) is 9.50. The highest BCUT2D eigenvalue weighted by molar-refractivity contribution is 5.94. The lowest BCUT2D eigenvalue weighted by atomic mass is 10.0. The molecule has 0 unspecified atom stereocenters. The van der Waals surface area contributed by atoms with Crippen molar-refractivity contribution in [3.05, 3.63) is 35.4 Å². The second kappa shape index (κ2) is 4.45.